The van der Waals surface area contributed by atoms with Gasteiger partial charge in [-0.1, -0.05) is 0 Å². The van der Waals surface area contributed by atoms with Crippen LogP contribution in [0, 0.1) is 0 Å². The smallest absolute Gasteiger partial charge is 0.274 e. The quantitative estimate of drug-likeness (QED) is 0.793. The van der Waals surface area contributed by atoms with E-state index in [4.69, 9.17) is 0 Å². The van der Waals surface area contributed by atoms with Crippen molar-refractivity contribution in [2.45, 2.75) is 19.4 Å². The van der Waals surface area contributed by atoms with Crippen molar-refractivity contribution in [3.63, 3.8) is 0 Å². The number of hydrogen-bond acceptors (Lipinski definition) is 6. The van der Waals surface area contributed by atoms with Gasteiger partial charge in [0.2, 0.25) is 0 Å². The summed E-state index contributed by atoms with van der Waals surface area (Å²) in [5, 5.41) is 5.18. The maximum atomic E-state index is 12.3. The lowest BCUT2D eigenvalue weighted by Gasteiger charge is -2.14. The van der Waals surface area contributed by atoms with Crippen molar-refractivity contribution >= 4 is 28.0 Å². The Morgan fingerprint density at radius 3 is 2.96 bits per heavy atom. The van der Waals surface area contributed by atoms with Gasteiger partial charge in [0.15, 0.2) is 4.96 Å². The summed E-state index contributed by atoms with van der Waals surface area (Å²) in [5.41, 5.74) is 1.32. The van der Waals surface area contributed by atoms with E-state index in [1.54, 1.807) is 17.5 Å². The molecule has 0 saturated carbocycles. The van der Waals surface area contributed by atoms with Crippen LogP contribution in [0.3, 0.4) is 0 Å². The van der Waals surface area contributed by atoms with Crippen LogP contribution >= 0.6 is 11.3 Å². The molecule has 0 atom stereocenters. The number of carbonyl (C=O) groups excluding carboxylic acids is 1. The number of aromatic nitrogens is 4. The Bertz CT molecular complexity index is 807. The minimum absolute atomic E-state index is 0.0406. The van der Waals surface area contributed by atoms with Crippen LogP contribution in [0.25, 0.3) is 4.96 Å². The number of carbonyl (C=O) groups is 1. The SMILES string of the molecule is O=C(c1cncc(NCc2cn3ccsc3n2)n1)N1CCCC1. The minimum atomic E-state index is -0.0406. The van der Waals surface area contributed by atoms with Gasteiger partial charge >= 0.3 is 0 Å². The Morgan fingerprint density at radius 2 is 2.13 bits per heavy atom. The molecule has 8 heteroatoms. The molecule has 7 nitrogen and oxygen atoms in total. The largest absolute Gasteiger partial charge is 0.363 e. The normalized spacial score (nSPS) is 14.5. The van der Waals surface area contributed by atoms with Crippen LogP contribution in [-0.4, -0.2) is 43.2 Å². The van der Waals surface area contributed by atoms with Gasteiger partial charge < -0.3 is 10.2 Å². The van der Waals surface area contributed by atoms with Crippen LogP contribution in [0.15, 0.2) is 30.2 Å². The highest BCUT2D eigenvalue weighted by Crippen LogP contribution is 2.14. The molecule has 0 spiro atoms. The predicted octanol–water partition coefficient (Wildman–Crippen LogP) is 2.03. The number of anilines is 1. The fourth-order valence-electron chi connectivity index (χ4n) is 2.68. The van der Waals surface area contributed by atoms with E-state index in [2.05, 4.69) is 20.3 Å². The Hall–Kier alpha value is -2.48. The number of imidazole rings is 1. The molecular weight excluding hydrogens is 312 g/mol. The summed E-state index contributed by atoms with van der Waals surface area (Å²) < 4.78 is 1.99. The van der Waals surface area contributed by atoms with Crippen LogP contribution in [0.1, 0.15) is 29.0 Å². The fraction of sp³-hybridized carbons (Fsp3) is 0.333. The topological polar surface area (TPSA) is 75.4 Å². The summed E-state index contributed by atoms with van der Waals surface area (Å²) in [7, 11) is 0. The Morgan fingerprint density at radius 1 is 1.26 bits per heavy atom. The first-order valence-corrected chi connectivity index (χ1v) is 8.44. The molecule has 0 bridgehead atoms. The van der Waals surface area contributed by atoms with Gasteiger partial charge in [-0.25, -0.2) is 9.97 Å². The molecule has 23 heavy (non-hydrogen) atoms. The molecule has 3 aromatic rings. The average molecular weight is 328 g/mol. The van der Waals surface area contributed by atoms with Gasteiger partial charge in [0.1, 0.15) is 11.5 Å². The molecule has 1 N–H and O–H groups in total. The third-order valence-corrected chi connectivity index (χ3v) is 4.61. The third-order valence-electron chi connectivity index (χ3n) is 3.84. The van der Waals surface area contributed by atoms with E-state index >= 15 is 0 Å². The van der Waals surface area contributed by atoms with E-state index in [0.717, 1.165) is 36.6 Å². The maximum Gasteiger partial charge on any atom is 0.274 e. The molecule has 1 fully saturated rings. The standard InChI is InChI=1S/C15H16N6OS/c22-14(20-3-1-2-4-20)12-8-16-9-13(19-12)17-7-11-10-21-5-6-23-15(21)18-11/h5-6,8-10H,1-4,7H2,(H,17,19). The highest BCUT2D eigenvalue weighted by molar-refractivity contribution is 7.15. The maximum absolute atomic E-state index is 12.3. The zero-order valence-electron chi connectivity index (χ0n) is 12.5. The van der Waals surface area contributed by atoms with E-state index < -0.39 is 0 Å². The Labute approximate surface area is 137 Å². The summed E-state index contributed by atoms with van der Waals surface area (Å²) >= 11 is 1.60. The van der Waals surface area contributed by atoms with Crippen LogP contribution in [0.5, 0.6) is 0 Å². The lowest BCUT2D eigenvalue weighted by molar-refractivity contribution is 0.0786. The summed E-state index contributed by atoms with van der Waals surface area (Å²) in [4.78, 5) is 28.1. The molecule has 1 amide bonds. The number of rotatable bonds is 4. The molecule has 0 radical (unpaired) electrons. The van der Waals surface area contributed by atoms with E-state index in [1.165, 1.54) is 6.20 Å². The number of amides is 1. The summed E-state index contributed by atoms with van der Waals surface area (Å²) in [5.74, 6) is 0.549. The van der Waals surface area contributed by atoms with Gasteiger partial charge in [-0.2, -0.15) is 0 Å². The van der Waals surface area contributed by atoms with Crippen molar-refractivity contribution in [1.82, 2.24) is 24.3 Å². The molecule has 3 aromatic heterocycles. The number of thiazole rings is 1. The average Bonchev–Trinajstić information content (AvgIpc) is 3.29. The zero-order chi connectivity index (χ0) is 15.6. The van der Waals surface area contributed by atoms with Gasteiger partial charge in [0.25, 0.3) is 5.91 Å². The minimum Gasteiger partial charge on any atom is -0.363 e. The first-order chi connectivity index (χ1) is 11.3. The molecule has 4 heterocycles. The first kappa shape index (κ1) is 14.1. The van der Waals surface area contributed by atoms with Crippen molar-refractivity contribution in [2.24, 2.45) is 0 Å². The molecule has 1 aliphatic heterocycles. The van der Waals surface area contributed by atoms with Gasteiger partial charge in [0, 0.05) is 30.9 Å². The van der Waals surface area contributed by atoms with Crippen LogP contribution in [-0.2, 0) is 6.54 Å². The molecule has 0 aliphatic carbocycles. The third kappa shape index (κ3) is 2.89. The van der Waals surface area contributed by atoms with E-state index in [1.807, 2.05) is 27.1 Å². The van der Waals surface area contributed by atoms with Crippen molar-refractivity contribution in [2.75, 3.05) is 18.4 Å². The lowest BCUT2D eigenvalue weighted by Crippen LogP contribution is -2.28. The number of nitrogens with one attached hydrogen (secondary N) is 1. The van der Waals surface area contributed by atoms with Gasteiger partial charge in [-0.3, -0.25) is 14.2 Å². The van der Waals surface area contributed by atoms with E-state index in [9.17, 15) is 4.79 Å². The summed E-state index contributed by atoms with van der Waals surface area (Å²) in [6.45, 7) is 2.16. The molecule has 0 unspecified atom stereocenters. The molecule has 1 aliphatic rings. The molecule has 0 aromatic carbocycles. The fourth-order valence-corrected chi connectivity index (χ4v) is 3.40. The van der Waals surface area contributed by atoms with Crippen LogP contribution in [0.2, 0.25) is 0 Å². The van der Waals surface area contributed by atoms with Crippen LogP contribution < -0.4 is 5.32 Å². The predicted molar refractivity (Wildman–Crippen MR) is 87.6 cm³/mol. The van der Waals surface area contributed by atoms with E-state index in [0.29, 0.717) is 18.1 Å². The van der Waals surface area contributed by atoms with Gasteiger partial charge in [-0.05, 0) is 12.8 Å². The molecule has 1 saturated heterocycles. The van der Waals surface area contributed by atoms with Crippen molar-refractivity contribution in [1.29, 1.82) is 0 Å². The lowest BCUT2D eigenvalue weighted by atomic mass is 10.4. The second-order valence-corrected chi connectivity index (χ2v) is 6.34. The number of hydrogen-bond donors (Lipinski definition) is 1. The van der Waals surface area contributed by atoms with Gasteiger partial charge in [-0.15, -0.1) is 11.3 Å². The number of nitrogens with zero attached hydrogens (tertiary/aromatic N) is 5. The molecule has 4 rings (SSSR count). The highest BCUT2D eigenvalue weighted by atomic mass is 32.1. The zero-order valence-corrected chi connectivity index (χ0v) is 13.3. The van der Waals surface area contributed by atoms with Gasteiger partial charge in [0.05, 0.1) is 24.6 Å². The summed E-state index contributed by atoms with van der Waals surface area (Å²) in [6.07, 6.45) is 9.23. The molecular formula is C15H16N6OS. The molecule has 118 valence electrons. The summed E-state index contributed by atoms with van der Waals surface area (Å²) in [6, 6.07) is 0. The first-order valence-electron chi connectivity index (χ1n) is 7.56. The highest BCUT2D eigenvalue weighted by Gasteiger charge is 2.21. The Kier molecular flexibility index (Phi) is 3.66. The van der Waals surface area contributed by atoms with Crippen molar-refractivity contribution < 1.29 is 4.79 Å². The second-order valence-electron chi connectivity index (χ2n) is 5.47. The second kappa shape index (κ2) is 5.96. The van der Waals surface area contributed by atoms with E-state index in [-0.39, 0.29) is 5.91 Å². The van der Waals surface area contributed by atoms with Crippen molar-refractivity contribution in [3.05, 3.63) is 41.6 Å². The van der Waals surface area contributed by atoms with Crippen molar-refractivity contribution in [3.8, 4) is 0 Å². The number of fused-ring (bicyclic) bond motifs is 1. The monoisotopic (exact) mass is 328 g/mol. The van der Waals surface area contributed by atoms with Crippen LogP contribution in [0.4, 0.5) is 5.82 Å². The number of likely N-dealkylation sites (tertiary alicyclic amines) is 1. The Balaban J connectivity index is 1.45.